The van der Waals surface area contributed by atoms with Gasteiger partial charge in [0.05, 0.1) is 11.4 Å². The number of aryl methyl sites for hydroxylation is 1. The molecule has 1 heterocycles. The molecular formula is C15H21FN2O2. The number of amides is 1. The molecule has 4 nitrogen and oxygen atoms in total. The summed E-state index contributed by atoms with van der Waals surface area (Å²) < 4.78 is 18.1. The molecule has 5 heteroatoms. The van der Waals surface area contributed by atoms with E-state index in [9.17, 15) is 9.18 Å². The van der Waals surface area contributed by atoms with Crippen molar-refractivity contribution in [1.82, 2.24) is 10.3 Å². The lowest BCUT2D eigenvalue weighted by atomic mass is 10.2. The summed E-state index contributed by atoms with van der Waals surface area (Å²) in [6.45, 7) is 7.54. The molecule has 0 aliphatic rings. The number of pyridine rings is 1. The van der Waals surface area contributed by atoms with Crippen LogP contribution in [0.25, 0.3) is 6.08 Å². The smallest absolute Gasteiger partial charge is 0.407 e. The molecule has 0 fully saturated rings. The van der Waals surface area contributed by atoms with Gasteiger partial charge in [0.1, 0.15) is 11.4 Å². The number of carbonyl (C=O) groups excluding carboxylic acids is 1. The molecule has 1 N–H and O–H groups in total. The molecule has 0 aliphatic carbocycles. The van der Waals surface area contributed by atoms with Crippen LogP contribution in [0.1, 0.15) is 38.6 Å². The maximum Gasteiger partial charge on any atom is 0.407 e. The highest BCUT2D eigenvalue weighted by Gasteiger charge is 2.15. The van der Waals surface area contributed by atoms with Gasteiger partial charge in [-0.1, -0.05) is 6.08 Å². The number of rotatable bonds is 4. The number of hydrogen-bond acceptors (Lipinski definition) is 3. The van der Waals surface area contributed by atoms with Crippen molar-refractivity contribution < 1.29 is 13.9 Å². The van der Waals surface area contributed by atoms with Gasteiger partial charge in [-0.2, -0.15) is 0 Å². The summed E-state index contributed by atoms with van der Waals surface area (Å²) in [7, 11) is 0. The number of aromatic nitrogens is 1. The van der Waals surface area contributed by atoms with Crippen molar-refractivity contribution in [3.05, 3.63) is 35.4 Å². The summed E-state index contributed by atoms with van der Waals surface area (Å²) >= 11 is 0. The zero-order valence-corrected chi connectivity index (χ0v) is 12.4. The lowest BCUT2D eigenvalue weighted by Crippen LogP contribution is -2.32. The molecule has 0 radical (unpaired) electrons. The van der Waals surface area contributed by atoms with Crippen molar-refractivity contribution >= 4 is 12.2 Å². The van der Waals surface area contributed by atoms with Crippen molar-refractivity contribution in [2.75, 3.05) is 6.54 Å². The van der Waals surface area contributed by atoms with Gasteiger partial charge in [-0.3, -0.25) is 4.98 Å². The lowest BCUT2D eigenvalue weighted by molar-refractivity contribution is 0.0529. The van der Waals surface area contributed by atoms with Crippen LogP contribution in [-0.2, 0) is 4.74 Å². The van der Waals surface area contributed by atoms with E-state index in [2.05, 4.69) is 10.3 Å². The van der Waals surface area contributed by atoms with Gasteiger partial charge in [0.25, 0.3) is 0 Å². The van der Waals surface area contributed by atoms with Gasteiger partial charge in [0.2, 0.25) is 0 Å². The highest BCUT2D eigenvalue weighted by atomic mass is 19.1. The molecule has 110 valence electrons. The van der Waals surface area contributed by atoms with Gasteiger partial charge in [-0.05, 0) is 52.3 Å². The highest BCUT2D eigenvalue weighted by Crippen LogP contribution is 2.07. The zero-order valence-electron chi connectivity index (χ0n) is 12.4. The van der Waals surface area contributed by atoms with Gasteiger partial charge in [-0.15, -0.1) is 0 Å². The third kappa shape index (κ3) is 6.31. The van der Waals surface area contributed by atoms with Crippen LogP contribution in [0, 0.1) is 12.7 Å². The van der Waals surface area contributed by atoms with E-state index in [1.807, 2.05) is 26.8 Å². The second kappa shape index (κ2) is 7.03. The predicted molar refractivity (Wildman–Crippen MR) is 76.8 cm³/mol. The summed E-state index contributed by atoms with van der Waals surface area (Å²) in [4.78, 5) is 15.4. The molecule has 1 amide bonds. The third-order valence-corrected chi connectivity index (χ3v) is 2.31. The summed E-state index contributed by atoms with van der Waals surface area (Å²) in [6, 6.07) is 3.00. The molecular weight excluding hydrogens is 259 g/mol. The Morgan fingerprint density at radius 3 is 2.75 bits per heavy atom. The van der Waals surface area contributed by atoms with Crippen LogP contribution >= 0.6 is 0 Å². The summed E-state index contributed by atoms with van der Waals surface area (Å²) in [5.41, 5.74) is 0.579. The number of ether oxygens (including phenoxy) is 1. The van der Waals surface area contributed by atoms with E-state index >= 15 is 0 Å². The fourth-order valence-electron chi connectivity index (χ4n) is 1.43. The number of nitrogens with one attached hydrogen (secondary N) is 1. The number of halogens is 1. The van der Waals surface area contributed by atoms with Crippen LogP contribution in [0.4, 0.5) is 9.18 Å². The Kier molecular flexibility index (Phi) is 5.67. The van der Waals surface area contributed by atoms with Crippen LogP contribution in [0.5, 0.6) is 0 Å². The largest absolute Gasteiger partial charge is 0.444 e. The Labute approximate surface area is 119 Å². The van der Waals surface area contributed by atoms with E-state index < -0.39 is 11.7 Å². The summed E-state index contributed by atoms with van der Waals surface area (Å²) in [5.74, 6) is -0.311. The molecule has 0 aliphatic heterocycles. The molecule has 20 heavy (non-hydrogen) atoms. The Morgan fingerprint density at radius 2 is 2.15 bits per heavy atom. The third-order valence-electron chi connectivity index (χ3n) is 2.31. The molecule has 0 aromatic carbocycles. The number of nitrogens with zero attached hydrogens (tertiary/aromatic N) is 1. The lowest BCUT2D eigenvalue weighted by Gasteiger charge is -2.19. The molecule has 0 spiro atoms. The molecule has 1 rings (SSSR count). The minimum Gasteiger partial charge on any atom is -0.444 e. The molecule has 0 bridgehead atoms. The first-order chi connectivity index (χ1) is 9.28. The van der Waals surface area contributed by atoms with Gasteiger partial charge >= 0.3 is 6.09 Å². The van der Waals surface area contributed by atoms with E-state index in [-0.39, 0.29) is 5.82 Å². The Morgan fingerprint density at radius 1 is 1.45 bits per heavy atom. The van der Waals surface area contributed by atoms with Crippen LogP contribution in [-0.4, -0.2) is 23.2 Å². The zero-order chi connectivity index (χ0) is 15.2. The second-order valence-corrected chi connectivity index (χ2v) is 5.42. The molecule has 0 saturated heterocycles. The van der Waals surface area contributed by atoms with Crippen LogP contribution in [0.3, 0.4) is 0 Å². The number of alkyl carbamates (subject to hydrolysis) is 1. The number of hydrogen-bond donors (Lipinski definition) is 1. The summed E-state index contributed by atoms with van der Waals surface area (Å²) in [6.07, 6.45) is 3.89. The SMILES string of the molecule is Cc1nc(C=CCCNC(=O)OC(C)(C)C)ccc1F. The van der Waals surface area contributed by atoms with Crippen molar-refractivity contribution in [3.8, 4) is 0 Å². The van der Waals surface area contributed by atoms with Crippen LogP contribution in [0.2, 0.25) is 0 Å². The van der Waals surface area contributed by atoms with Gasteiger partial charge < -0.3 is 10.1 Å². The number of carbonyl (C=O) groups is 1. The Balaban J connectivity index is 2.32. The van der Waals surface area contributed by atoms with Crippen molar-refractivity contribution in [3.63, 3.8) is 0 Å². The monoisotopic (exact) mass is 280 g/mol. The van der Waals surface area contributed by atoms with E-state index in [1.165, 1.54) is 6.07 Å². The average molecular weight is 280 g/mol. The Bertz CT molecular complexity index is 493. The Hall–Kier alpha value is -1.91. The van der Waals surface area contributed by atoms with Gasteiger partial charge in [-0.25, -0.2) is 9.18 Å². The van der Waals surface area contributed by atoms with Gasteiger partial charge in [0.15, 0.2) is 0 Å². The van der Waals surface area contributed by atoms with E-state index in [0.29, 0.717) is 24.4 Å². The minimum atomic E-state index is -0.491. The van der Waals surface area contributed by atoms with Crippen molar-refractivity contribution in [2.24, 2.45) is 0 Å². The van der Waals surface area contributed by atoms with Crippen LogP contribution in [0.15, 0.2) is 18.2 Å². The van der Waals surface area contributed by atoms with Crippen molar-refractivity contribution in [2.45, 2.75) is 39.7 Å². The first kappa shape index (κ1) is 16.1. The molecule has 0 unspecified atom stereocenters. The molecule has 0 atom stereocenters. The maximum absolute atomic E-state index is 13.0. The van der Waals surface area contributed by atoms with E-state index in [4.69, 9.17) is 4.74 Å². The topological polar surface area (TPSA) is 51.2 Å². The van der Waals surface area contributed by atoms with E-state index in [1.54, 1.807) is 19.1 Å². The maximum atomic E-state index is 13.0. The first-order valence-corrected chi connectivity index (χ1v) is 6.54. The quantitative estimate of drug-likeness (QED) is 0.859. The average Bonchev–Trinajstić information content (AvgIpc) is 2.31. The first-order valence-electron chi connectivity index (χ1n) is 6.54. The van der Waals surface area contributed by atoms with Gasteiger partial charge in [0, 0.05) is 6.54 Å². The fraction of sp³-hybridized carbons (Fsp3) is 0.467. The summed E-state index contributed by atoms with van der Waals surface area (Å²) in [5, 5.41) is 2.65. The standard InChI is InChI=1S/C15H21FN2O2/c1-11-13(16)9-8-12(18-11)7-5-6-10-17-14(19)20-15(2,3)4/h5,7-9H,6,10H2,1-4H3,(H,17,19). The molecule has 1 aromatic rings. The predicted octanol–water partition coefficient (Wildman–Crippen LogP) is 3.46. The molecule has 1 aromatic heterocycles. The molecule has 0 saturated carbocycles. The van der Waals surface area contributed by atoms with E-state index in [0.717, 1.165) is 0 Å². The minimum absolute atomic E-state index is 0.311. The highest BCUT2D eigenvalue weighted by molar-refractivity contribution is 5.67. The van der Waals surface area contributed by atoms with Crippen molar-refractivity contribution in [1.29, 1.82) is 0 Å². The normalized spacial score (nSPS) is 11.7. The van der Waals surface area contributed by atoms with Crippen LogP contribution < -0.4 is 5.32 Å². The fourth-order valence-corrected chi connectivity index (χ4v) is 1.43. The second-order valence-electron chi connectivity index (χ2n) is 5.42.